The molecule has 0 radical (unpaired) electrons. The van der Waals surface area contributed by atoms with Crippen molar-refractivity contribution in [2.45, 2.75) is 6.43 Å². The van der Waals surface area contributed by atoms with Crippen molar-refractivity contribution < 1.29 is 13.9 Å². The van der Waals surface area contributed by atoms with Crippen LogP contribution >= 0.6 is 0 Å². The topological polar surface area (TPSA) is 44.0 Å². The van der Waals surface area contributed by atoms with Crippen LogP contribution in [0.3, 0.4) is 0 Å². The second-order valence-corrected chi connectivity index (χ2v) is 2.18. The van der Waals surface area contributed by atoms with Gasteiger partial charge in [-0.05, 0) is 18.2 Å². The molecular formula is C8H5F2NO. The quantitative estimate of drug-likeness (QED) is 0.700. The largest absolute Gasteiger partial charge is 0.508 e. The molecule has 1 rings (SSSR count). The predicted octanol–water partition coefficient (Wildman–Crippen LogP) is 2.20. The lowest BCUT2D eigenvalue weighted by molar-refractivity contribution is 0.150. The third-order valence-corrected chi connectivity index (χ3v) is 1.39. The molecule has 0 heterocycles. The zero-order valence-electron chi connectivity index (χ0n) is 5.96. The molecule has 2 nitrogen and oxygen atoms in total. The van der Waals surface area contributed by atoms with Crippen LogP contribution in [0.25, 0.3) is 0 Å². The van der Waals surface area contributed by atoms with E-state index in [1.807, 2.05) is 0 Å². The van der Waals surface area contributed by atoms with Crippen molar-refractivity contribution in [3.8, 4) is 11.8 Å². The van der Waals surface area contributed by atoms with Crippen LogP contribution in [0.5, 0.6) is 5.75 Å². The zero-order valence-corrected chi connectivity index (χ0v) is 5.96. The normalized spacial score (nSPS) is 9.83. The maximum absolute atomic E-state index is 12.1. The first-order valence-corrected chi connectivity index (χ1v) is 3.16. The van der Waals surface area contributed by atoms with Crippen molar-refractivity contribution in [3.05, 3.63) is 29.3 Å². The summed E-state index contributed by atoms with van der Waals surface area (Å²) in [5.74, 6) is -0.260. The van der Waals surface area contributed by atoms with Crippen LogP contribution in [0.4, 0.5) is 8.78 Å². The van der Waals surface area contributed by atoms with Gasteiger partial charge in [-0.2, -0.15) is 5.26 Å². The molecule has 0 aromatic heterocycles. The van der Waals surface area contributed by atoms with E-state index in [0.717, 1.165) is 12.1 Å². The van der Waals surface area contributed by atoms with E-state index < -0.39 is 12.0 Å². The minimum Gasteiger partial charge on any atom is -0.508 e. The molecule has 0 amide bonds. The Morgan fingerprint density at radius 2 is 2.08 bits per heavy atom. The lowest BCUT2D eigenvalue weighted by atomic mass is 10.1. The number of aromatic hydroxyl groups is 1. The standard InChI is InChI=1S/C8H5F2NO/c9-8(10)7-3-6(12)2-1-5(7)4-11/h1-3,8,12H. The fourth-order valence-corrected chi connectivity index (χ4v) is 0.832. The second kappa shape index (κ2) is 3.18. The van der Waals surface area contributed by atoms with E-state index in [-0.39, 0.29) is 11.3 Å². The summed E-state index contributed by atoms with van der Waals surface area (Å²) in [5.41, 5.74) is -0.541. The lowest BCUT2D eigenvalue weighted by Gasteiger charge is -2.01. The average Bonchev–Trinajstić information content (AvgIpc) is 2.04. The summed E-state index contributed by atoms with van der Waals surface area (Å²) in [7, 11) is 0. The average molecular weight is 169 g/mol. The molecule has 0 saturated heterocycles. The predicted molar refractivity (Wildman–Crippen MR) is 37.8 cm³/mol. The molecule has 1 aromatic carbocycles. The maximum Gasteiger partial charge on any atom is 0.265 e. The molecule has 0 aliphatic heterocycles. The van der Waals surface area contributed by atoms with Gasteiger partial charge in [0.1, 0.15) is 5.75 Å². The fraction of sp³-hybridized carbons (Fsp3) is 0.125. The summed E-state index contributed by atoms with van der Waals surface area (Å²) in [6, 6.07) is 4.87. The number of nitriles is 1. The van der Waals surface area contributed by atoms with Crippen LogP contribution < -0.4 is 0 Å². The van der Waals surface area contributed by atoms with Crippen LogP contribution in [0.2, 0.25) is 0 Å². The first-order chi connectivity index (χ1) is 5.65. The number of alkyl halides is 2. The van der Waals surface area contributed by atoms with E-state index in [9.17, 15) is 8.78 Å². The summed E-state index contributed by atoms with van der Waals surface area (Å²) < 4.78 is 24.3. The molecule has 0 aliphatic rings. The zero-order chi connectivity index (χ0) is 9.14. The SMILES string of the molecule is N#Cc1ccc(O)cc1C(F)F. The molecule has 0 aliphatic carbocycles. The smallest absolute Gasteiger partial charge is 0.265 e. The Kier molecular flexibility index (Phi) is 2.24. The molecule has 1 N–H and O–H groups in total. The molecule has 0 bridgehead atoms. The van der Waals surface area contributed by atoms with Gasteiger partial charge >= 0.3 is 0 Å². The monoisotopic (exact) mass is 169 g/mol. The van der Waals surface area contributed by atoms with Crippen molar-refractivity contribution in [2.75, 3.05) is 0 Å². The molecule has 0 unspecified atom stereocenters. The van der Waals surface area contributed by atoms with Crippen molar-refractivity contribution in [3.63, 3.8) is 0 Å². The van der Waals surface area contributed by atoms with Crippen LogP contribution in [-0.2, 0) is 0 Å². The van der Waals surface area contributed by atoms with Crippen LogP contribution in [0, 0.1) is 11.3 Å². The van der Waals surface area contributed by atoms with Gasteiger partial charge in [0.05, 0.1) is 11.6 Å². The summed E-state index contributed by atoms with van der Waals surface area (Å²) in [6.45, 7) is 0. The molecule has 0 saturated carbocycles. The van der Waals surface area contributed by atoms with Crippen LogP contribution in [0.1, 0.15) is 17.6 Å². The van der Waals surface area contributed by atoms with Crippen LogP contribution in [0.15, 0.2) is 18.2 Å². The number of hydrogen-bond donors (Lipinski definition) is 1. The van der Waals surface area contributed by atoms with Gasteiger partial charge < -0.3 is 5.11 Å². The molecule has 1 aromatic rings. The number of phenols is 1. The third-order valence-electron chi connectivity index (χ3n) is 1.39. The Bertz CT molecular complexity index is 330. The summed E-state index contributed by atoms with van der Waals surface area (Å²) in [6.07, 6.45) is -2.73. The van der Waals surface area contributed by atoms with Gasteiger partial charge in [0.15, 0.2) is 0 Å². The van der Waals surface area contributed by atoms with Gasteiger partial charge in [-0.1, -0.05) is 0 Å². The van der Waals surface area contributed by atoms with Gasteiger partial charge in [0.2, 0.25) is 0 Å². The number of nitrogens with zero attached hydrogens (tertiary/aromatic N) is 1. The Balaban J connectivity index is 3.24. The molecule has 4 heteroatoms. The van der Waals surface area contributed by atoms with Gasteiger partial charge in [-0.3, -0.25) is 0 Å². The highest BCUT2D eigenvalue weighted by molar-refractivity contribution is 5.42. The van der Waals surface area contributed by atoms with Gasteiger partial charge in [-0.25, -0.2) is 8.78 Å². The highest BCUT2D eigenvalue weighted by Crippen LogP contribution is 2.25. The van der Waals surface area contributed by atoms with E-state index in [1.54, 1.807) is 6.07 Å². The molecule has 0 spiro atoms. The first-order valence-electron chi connectivity index (χ1n) is 3.16. The number of phenolic OH excluding ortho intramolecular Hbond substituents is 1. The molecule has 62 valence electrons. The summed E-state index contributed by atoms with van der Waals surface area (Å²) in [5, 5.41) is 17.2. The Morgan fingerprint density at radius 3 is 2.58 bits per heavy atom. The molecular weight excluding hydrogens is 164 g/mol. The van der Waals surface area contributed by atoms with E-state index in [0.29, 0.717) is 0 Å². The number of halogens is 2. The first kappa shape index (κ1) is 8.47. The Hall–Kier alpha value is -1.63. The van der Waals surface area contributed by atoms with E-state index in [4.69, 9.17) is 10.4 Å². The number of rotatable bonds is 1. The lowest BCUT2D eigenvalue weighted by Crippen LogP contribution is -1.89. The van der Waals surface area contributed by atoms with E-state index in [1.165, 1.54) is 6.07 Å². The highest BCUT2D eigenvalue weighted by atomic mass is 19.3. The van der Waals surface area contributed by atoms with Crippen molar-refractivity contribution in [2.24, 2.45) is 0 Å². The van der Waals surface area contributed by atoms with Gasteiger partial charge in [0, 0.05) is 5.56 Å². The van der Waals surface area contributed by atoms with Gasteiger partial charge in [-0.15, -0.1) is 0 Å². The minimum atomic E-state index is -2.73. The van der Waals surface area contributed by atoms with Crippen LogP contribution in [-0.4, -0.2) is 5.11 Å². The van der Waals surface area contributed by atoms with Crippen molar-refractivity contribution in [1.29, 1.82) is 5.26 Å². The summed E-state index contributed by atoms with van der Waals surface area (Å²) in [4.78, 5) is 0. The second-order valence-electron chi connectivity index (χ2n) is 2.18. The molecule has 0 fully saturated rings. The number of benzene rings is 1. The highest BCUT2D eigenvalue weighted by Gasteiger charge is 2.12. The molecule has 12 heavy (non-hydrogen) atoms. The summed E-state index contributed by atoms with van der Waals surface area (Å²) >= 11 is 0. The maximum atomic E-state index is 12.1. The third kappa shape index (κ3) is 1.51. The molecule has 0 atom stereocenters. The van der Waals surface area contributed by atoms with E-state index >= 15 is 0 Å². The fourth-order valence-electron chi connectivity index (χ4n) is 0.832. The minimum absolute atomic E-state index is 0.109. The van der Waals surface area contributed by atoms with E-state index in [2.05, 4.69) is 0 Å². The van der Waals surface area contributed by atoms with Gasteiger partial charge in [0.25, 0.3) is 6.43 Å². The Labute approximate surface area is 67.7 Å². The van der Waals surface area contributed by atoms with Crippen molar-refractivity contribution in [1.82, 2.24) is 0 Å². The Morgan fingerprint density at radius 1 is 1.42 bits per heavy atom. The number of hydrogen-bond acceptors (Lipinski definition) is 2. The van der Waals surface area contributed by atoms with Crippen molar-refractivity contribution >= 4 is 0 Å².